The number of hydrogen-bond acceptors (Lipinski definition) is 5. The number of fused-ring (bicyclic) bond motifs is 1. The lowest BCUT2D eigenvalue weighted by Gasteiger charge is -2.36. The van der Waals surface area contributed by atoms with Crippen molar-refractivity contribution in [3.63, 3.8) is 0 Å². The van der Waals surface area contributed by atoms with Gasteiger partial charge in [-0.3, -0.25) is 4.79 Å². The Bertz CT molecular complexity index is 985. The Morgan fingerprint density at radius 2 is 1.57 bits per heavy atom. The van der Waals surface area contributed by atoms with Gasteiger partial charge in [-0.05, 0) is 42.0 Å². The Morgan fingerprint density at radius 1 is 0.893 bits per heavy atom. The molecule has 4 nitrogen and oxygen atoms in total. The molecular weight excluding hydrogens is 372 g/mol. The molecule has 1 aliphatic heterocycles. The highest BCUT2D eigenvalue weighted by molar-refractivity contribution is 8.01. The molecule has 0 bridgehead atoms. The second-order valence-electron chi connectivity index (χ2n) is 6.45. The second-order valence-corrected chi connectivity index (χ2v) is 7.82. The van der Waals surface area contributed by atoms with Crippen molar-refractivity contribution < 1.29 is 19.0 Å². The third kappa shape index (κ3) is 3.22. The Balaban J connectivity index is 1.82. The molecule has 0 N–H and O–H groups in total. The van der Waals surface area contributed by atoms with E-state index in [-0.39, 0.29) is 12.4 Å². The van der Waals surface area contributed by atoms with Crippen LogP contribution in [0.3, 0.4) is 0 Å². The van der Waals surface area contributed by atoms with E-state index in [0.717, 1.165) is 16.2 Å². The van der Waals surface area contributed by atoms with Crippen molar-refractivity contribution in [3.8, 4) is 17.2 Å². The predicted molar refractivity (Wildman–Crippen MR) is 110 cm³/mol. The zero-order valence-electron chi connectivity index (χ0n) is 15.7. The standard InChI is InChI=1S/C23H20O4S/c1-25-17-10-8-16(9-11-17)23(28-19-6-4-3-5-7-19)15-27-21-14-18(26-2)12-13-20(21)22(23)24/h3-14H,15H2,1-2H3. The minimum absolute atomic E-state index is 0.0235. The van der Waals surface area contributed by atoms with Gasteiger partial charge in [-0.25, -0.2) is 0 Å². The third-order valence-corrected chi connectivity index (χ3v) is 6.22. The van der Waals surface area contributed by atoms with Gasteiger partial charge in [0, 0.05) is 11.0 Å². The smallest absolute Gasteiger partial charge is 0.190 e. The van der Waals surface area contributed by atoms with Crippen LogP contribution < -0.4 is 14.2 Å². The normalized spacial score (nSPS) is 18.1. The van der Waals surface area contributed by atoms with Crippen molar-refractivity contribution >= 4 is 17.5 Å². The van der Waals surface area contributed by atoms with Crippen LogP contribution in [-0.4, -0.2) is 26.6 Å². The summed E-state index contributed by atoms with van der Waals surface area (Å²) in [5.41, 5.74) is 1.44. The second kappa shape index (κ2) is 7.60. The predicted octanol–water partition coefficient (Wildman–Crippen LogP) is 4.97. The molecule has 3 aromatic carbocycles. The number of methoxy groups -OCH3 is 2. The molecule has 0 saturated heterocycles. The Kier molecular flexibility index (Phi) is 5.01. The van der Waals surface area contributed by atoms with Gasteiger partial charge >= 0.3 is 0 Å². The van der Waals surface area contributed by atoms with Gasteiger partial charge in [-0.2, -0.15) is 0 Å². The molecule has 0 saturated carbocycles. The minimum atomic E-state index is -0.880. The molecule has 5 heteroatoms. The summed E-state index contributed by atoms with van der Waals surface area (Å²) in [6.45, 7) is 0.234. The number of rotatable bonds is 5. The lowest BCUT2D eigenvalue weighted by Crippen LogP contribution is -2.42. The Labute approximate surface area is 168 Å². The molecule has 28 heavy (non-hydrogen) atoms. The molecule has 4 rings (SSSR count). The van der Waals surface area contributed by atoms with E-state index in [0.29, 0.717) is 17.1 Å². The van der Waals surface area contributed by atoms with Crippen LogP contribution in [0, 0.1) is 0 Å². The molecule has 0 spiro atoms. The largest absolute Gasteiger partial charge is 0.497 e. The maximum Gasteiger partial charge on any atom is 0.190 e. The fourth-order valence-corrected chi connectivity index (χ4v) is 4.57. The van der Waals surface area contributed by atoms with E-state index in [1.807, 2.05) is 54.6 Å². The van der Waals surface area contributed by atoms with E-state index >= 15 is 0 Å². The summed E-state index contributed by atoms with van der Waals surface area (Å²) in [5, 5.41) is 0. The van der Waals surface area contributed by atoms with Crippen molar-refractivity contribution in [3.05, 3.63) is 83.9 Å². The fraction of sp³-hybridized carbons (Fsp3) is 0.174. The monoisotopic (exact) mass is 392 g/mol. The molecule has 1 aliphatic rings. The third-order valence-electron chi connectivity index (χ3n) is 4.82. The first-order valence-electron chi connectivity index (χ1n) is 8.90. The molecule has 0 aromatic heterocycles. The maximum atomic E-state index is 13.7. The zero-order chi connectivity index (χ0) is 19.6. The van der Waals surface area contributed by atoms with Crippen LogP contribution in [0.25, 0.3) is 0 Å². The number of ketones is 1. The van der Waals surface area contributed by atoms with Crippen LogP contribution in [-0.2, 0) is 4.75 Å². The number of carbonyl (C=O) groups excluding carboxylic acids is 1. The first-order chi connectivity index (χ1) is 13.7. The van der Waals surface area contributed by atoms with Crippen LogP contribution in [0.2, 0.25) is 0 Å². The van der Waals surface area contributed by atoms with E-state index < -0.39 is 4.75 Å². The molecule has 3 aromatic rings. The highest BCUT2D eigenvalue weighted by atomic mass is 32.2. The number of hydrogen-bond donors (Lipinski definition) is 0. The summed E-state index contributed by atoms with van der Waals surface area (Å²) >= 11 is 1.51. The molecule has 0 radical (unpaired) electrons. The topological polar surface area (TPSA) is 44.8 Å². The molecular formula is C23H20O4S. The van der Waals surface area contributed by atoms with Crippen molar-refractivity contribution in [2.75, 3.05) is 20.8 Å². The lowest BCUT2D eigenvalue weighted by molar-refractivity contribution is 0.0867. The summed E-state index contributed by atoms with van der Waals surface area (Å²) < 4.78 is 15.7. The van der Waals surface area contributed by atoms with E-state index in [2.05, 4.69) is 0 Å². The fourth-order valence-electron chi connectivity index (χ4n) is 3.30. The van der Waals surface area contributed by atoms with Crippen LogP contribution >= 0.6 is 11.8 Å². The molecule has 0 fully saturated rings. The Hall–Kier alpha value is -2.92. The molecule has 1 unspecified atom stereocenters. The first-order valence-corrected chi connectivity index (χ1v) is 9.72. The van der Waals surface area contributed by atoms with Gasteiger partial charge in [0.2, 0.25) is 0 Å². The van der Waals surface area contributed by atoms with Crippen LogP contribution in [0.15, 0.2) is 77.7 Å². The van der Waals surface area contributed by atoms with Gasteiger partial charge in [0.25, 0.3) is 0 Å². The van der Waals surface area contributed by atoms with Gasteiger partial charge in [-0.1, -0.05) is 30.3 Å². The Morgan fingerprint density at radius 3 is 2.25 bits per heavy atom. The van der Waals surface area contributed by atoms with E-state index in [1.165, 1.54) is 11.8 Å². The summed E-state index contributed by atoms with van der Waals surface area (Å²) in [4.78, 5) is 14.7. The maximum absolute atomic E-state index is 13.7. The van der Waals surface area contributed by atoms with Gasteiger partial charge < -0.3 is 14.2 Å². The number of benzene rings is 3. The zero-order valence-corrected chi connectivity index (χ0v) is 16.5. The van der Waals surface area contributed by atoms with Gasteiger partial charge in [-0.15, -0.1) is 11.8 Å². The molecule has 142 valence electrons. The number of ether oxygens (including phenoxy) is 3. The van der Waals surface area contributed by atoms with Gasteiger partial charge in [0.1, 0.15) is 28.6 Å². The summed E-state index contributed by atoms with van der Waals surface area (Å²) in [5.74, 6) is 2.00. The van der Waals surface area contributed by atoms with E-state index in [9.17, 15) is 4.79 Å². The number of carbonyl (C=O) groups is 1. The average Bonchev–Trinajstić information content (AvgIpc) is 2.76. The molecule has 1 atom stereocenters. The lowest BCUT2D eigenvalue weighted by atomic mass is 9.88. The average molecular weight is 392 g/mol. The summed E-state index contributed by atoms with van der Waals surface area (Å²) in [6.07, 6.45) is 0. The number of Topliss-reactive ketones (excluding diaryl/α,β-unsaturated/α-hetero) is 1. The van der Waals surface area contributed by atoms with E-state index in [4.69, 9.17) is 14.2 Å². The quantitative estimate of drug-likeness (QED) is 0.614. The SMILES string of the molecule is COc1ccc(C2(Sc3ccccc3)COc3cc(OC)ccc3C2=O)cc1. The minimum Gasteiger partial charge on any atom is -0.497 e. The number of thioether (sulfide) groups is 1. The molecule has 0 aliphatic carbocycles. The van der Waals surface area contributed by atoms with Crippen molar-refractivity contribution in [2.45, 2.75) is 9.64 Å². The van der Waals surface area contributed by atoms with E-state index in [1.54, 1.807) is 32.4 Å². The molecule has 1 heterocycles. The molecule has 0 amide bonds. The van der Waals surface area contributed by atoms with Gasteiger partial charge in [0.05, 0.1) is 19.8 Å². The van der Waals surface area contributed by atoms with Crippen LogP contribution in [0.1, 0.15) is 15.9 Å². The van der Waals surface area contributed by atoms with Crippen molar-refractivity contribution in [2.24, 2.45) is 0 Å². The van der Waals surface area contributed by atoms with Crippen LogP contribution in [0.5, 0.6) is 17.2 Å². The van der Waals surface area contributed by atoms with Crippen molar-refractivity contribution in [1.29, 1.82) is 0 Å². The van der Waals surface area contributed by atoms with Gasteiger partial charge in [0.15, 0.2) is 5.78 Å². The van der Waals surface area contributed by atoms with Crippen molar-refractivity contribution in [1.82, 2.24) is 0 Å². The highest BCUT2D eigenvalue weighted by Crippen LogP contribution is 2.48. The summed E-state index contributed by atoms with van der Waals surface area (Å²) in [6, 6.07) is 22.9. The highest BCUT2D eigenvalue weighted by Gasteiger charge is 2.47. The summed E-state index contributed by atoms with van der Waals surface area (Å²) in [7, 11) is 3.22. The van der Waals surface area contributed by atoms with Crippen LogP contribution in [0.4, 0.5) is 0 Å². The first kappa shape index (κ1) is 18.4.